The van der Waals surface area contributed by atoms with Crippen LogP contribution in [0.3, 0.4) is 0 Å². The van der Waals surface area contributed by atoms with E-state index in [0.29, 0.717) is 5.82 Å². The van der Waals surface area contributed by atoms with Crippen molar-refractivity contribution in [3.63, 3.8) is 0 Å². The second kappa shape index (κ2) is 2.23. The van der Waals surface area contributed by atoms with E-state index < -0.39 is 0 Å². The van der Waals surface area contributed by atoms with Gasteiger partial charge in [-0.05, 0) is 28.1 Å². The summed E-state index contributed by atoms with van der Waals surface area (Å²) in [6, 6.07) is 3.66. The second-order valence-corrected chi connectivity index (χ2v) is 3.12. The molecule has 11 heavy (non-hydrogen) atoms. The first-order chi connectivity index (χ1) is 5.27. The number of aromatic amines is 1. The fourth-order valence-electron chi connectivity index (χ4n) is 1.02. The summed E-state index contributed by atoms with van der Waals surface area (Å²) >= 11 is 3.38. The number of nitrogens with one attached hydrogen (secondary N) is 1. The van der Waals surface area contributed by atoms with Gasteiger partial charge in [0, 0.05) is 10.7 Å². The van der Waals surface area contributed by atoms with Crippen molar-refractivity contribution in [1.29, 1.82) is 0 Å². The summed E-state index contributed by atoms with van der Waals surface area (Å²) in [5, 5.41) is 0. The fraction of sp³-hybridized carbons (Fsp3) is 0. The molecule has 3 nitrogen and oxygen atoms in total. The summed E-state index contributed by atoms with van der Waals surface area (Å²) in [6.07, 6.45) is 1.84. The van der Waals surface area contributed by atoms with Crippen molar-refractivity contribution in [3.8, 4) is 0 Å². The van der Waals surface area contributed by atoms with Gasteiger partial charge in [0.1, 0.15) is 5.82 Å². The van der Waals surface area contributed by atoms with Crippen LogP contribution >= 0.6 is 15.9 Å². The highest BCUT2D eigenvalue weighted by Crippen LogP contribution is 2.22. The Morgan fingerprint density at radius 2 is 2.36 bits per heavy atom. The highest BCUT2D eigenvalue weighted by Gasteiger charge is 2.00. The minimum absolute atomic E-state index is 0.531. The first-order valence-electron chi connectivity index (χ1n) is 3.16. The predicted octanol–water partition coefficient (Wildman–Crippen LogP) is 1.91. The van der Waals surface area contributed by atoms with Crippen molar-refractivity contribution in [2.75, 3.05) is 5.73 Å². The molecule has 0 atom stereocenters. The number of hydrogen-bond acceptors (Lipinski definition) is 2. The van der Waals surface area contributed by atoms with Crippen LogP contribution in [0.2, 0.25) is 0 Å². The van der Waals surface area contributed by atoms with E-state index in [1.165, 1.54) is 0 Å². The normalized spacial score (nSPS) is 10.6. The third-order valence-corrected chi connectivity index (χ3v) is 2.11. The number of halogens is 1. The van der Waals surface area contributed by atoms with Crippen LogP contribution in [0, 0.1) is 0 Å². The van der Waals surface area contributed by atoms with Crippen molar-refractivity contribution in [2.24, 2.45) is 0 Å². The number of anilines is 1. The molecule has 0 aliphatic carbocycles. The summed E-state index contributed by atoms with van der Waals surface area (Å²) in [5.74, 6) is 0.531. The Morgan fingerprint density at radius 3 is 3.18 bits per heavy atom. The zero-order chi connectivity index (χ0) is 7.84. The molecule has 0 amide bonds. The standard InChI is InChI=1S/C7H6BrN3/c8-4-3-6(9)11-5-1-2-10-7(4)5/h1-3,10H,(H2,9,11). The average molecular weight is 212 g/mol. The lowest BCUT2D eigenvalue weighted by Gasteiger charge is -1.95. The van der Waals surface area contributed by atoms with Crippen molar-refractivity contribution in [1.82, 2.24) is 9.97 Å². The summed E-state index contributed by atoms with van der Waals surface area (Å²) in [6.45, 7) is 0. The number of fused-ring (bicyclic) bond motifs is 1. The van der Waals surface area contributed by atoms with Crippen LogP contribution in [0.4, 0.5) is 5.82 Å². The topological polar surface area (TPSA) is 54.7 Å². The van der Waals surface area contributed by atoms with E-state index in [0.717, 1.165) is 15.5 Å². The SMILES string of the molecule is Nc1cc(Br)c2[nH]ccc2n1. The highest BCUT2D eigenvalue weighted by atomic mass is 79.9. The molecule has 56 valence electrons. The van der Waals surface area contributed by atoms with E-state index in [1.54, 1.807) is 6.07 Å². The van der Waals surface area contributed by atoms with Crippen LogP contribution in [0.5, 0.6) is 0 Å². The van der Waals surface area contributed by atoms with Crippen molar-refractivity contribution < 1.29 is 0 Å². The minimum Gasteiger partial charge on any atom is -0.384 e. The maximum Gasteiger partial charge on any atom is 0.125 e. The summed E-state index contributed by atoms with van der Waals surface area (Å²) < 4.78 is 0.949. The number of hydrogen-bond donors (Lipinski definition) is 2. The zero-order valence-electron chi connectivity index (χ0n) is 5.63. The molecule has 0 bridgehead atoms. The average Bonchev–Trinajstić information content (AvgIpc) is 2.34. The number of H-pyrrole nitrogens is 1. The van der Waals surface area contributed by atoms with E-state index in [-0.39, 0.29) is 0 Å². The molecular formula is C7H6BrN3. The van der Waals surface area contributed by atoms with Crippen LogP contribution in [0.15, 0.2) is 22.8 Å². The number of nitrogens with zero attached hydrogens (tertiary/aromatic N) is 1. The summed E-state index contributed by atoms with van der Waals surface area (Å²) in [5.41, 5.74) is 7.40. The quantitative estimate of drug-likeness (QED) is 0.700. The summed E-state index contributed by atoms with van der Waals surface area (Å²) in [7, 11) is 0. The first-order valence-corrected chi connectivity index (χ1v) is 3.96. The molecule has 0 saturated carbocycles. The van der Waals surface area contributed by atoms with E-state index in [1.807, 2.05) is 12.3 Å². The molecule has 4 heteroatoms. The lowest BCUT2D eigenvalue weighted by molar-refractivity contribution is 1.39. The molecule has 3 N–H and O–H groups in total. The molecule has 0 fully saturated rings. The van der Waals surface area contributed by atoms with E-state index in [4.69, 9.17) is 5.73 Å². The Hall–Kier alpha value is -1.03. The molecule has 2 aromatic heterocycles. The number of rotatable bonds is 0. The summed E-state index contributed by atoms with van der Waals surface area (Å²) in [4.78, 5) is 7.16. The molecule has 0 aliphatic heterocycles. The van der Waals surface area contributed by atoms with Gasteiger partial charge in [0.05, 0.1) is 11.0 Å². The zero-order valence-corrected chi connectivity index (χ0v) is 7.22. The predicted molar refractivity (Wildman–Crippen MR) is 48.2 cm³/mol. The van der Waals surface area contributed by atoms with Gasteiger partial charge >= 0.3 is 0 Å². The monoisotopic (exact) mass is 211 g/mol. The Morgan fingerprint density at radius 1 is 1.55 bits per heavy atom. The Labute approximate surface area is 71.7 Å². The van der Waals surface area contributed by atoms with Crippen molar-refractivity contribution in [2.45, 2.75) is 0 Å². The first kappa shape index (κ1) is 6.67. The Balaban J connectivity index is 2.91. The molecule has 0 aromatic carbocycles. The van der Waals surface area contributed by atoms with Gasteiger partial charge in [-0.25, -0.2) is 4.98 Å². The van der Waals surface area contributed by atoms with Gasteiger partial charge in [-0.1, -0.05) is 0 Å². The minimum atomic E-state index is 0.531. The van der Waals surface area contributed by atoms with Crippen molar-refractivity contribution in [3.05, 3.63) is 22.8 Å². The van der Waals surface area contributed by atoms with Gasteiger partial charge in [0.25, 0.3) is 0 Å². The molecule has 0 aliphatic rings. The largest absolute Gasteiger partial charge is 0.384 e. The molecule has 2 aromatic rings. The van der Waals surface area contributed by atoms with Gasteiger partial charge in [-0.2, -0.15) is 0 Å². The smallest absolute Gasteiger partial charge is 0.125 e. The van der Waals surface area contributed by atoms with Gasteiger partial charge < -0.3 is 10.7 Å². The van der Waals surface area contributed by atoms with E-state index >= 15 is 0 Å². The molecular weight excluding hydrogens is 206 g/mol. The van der Waals surface area contributed by atoms with E-state index in [2.05, 4.69) is 25.9 Å². The number of pyridine rings is 1. The number of aromatic nitrogens is 2. The van der Waals surface area contributed by atoms with E-state index in [9.17, 15) is 0 Å². The third kappa shape index (κ3) is 0.991. The lowest BCUT2D eigenvalue weighted by Crippen LogP contribution is -1.89. The number of nitrogens with two attached hydrogens (primary N) is 1. The molecule has 2 heterocycles. The van der Waals surface area contributed by atoms with Crippen LogP contribution in [-0.4, -0.2) is 9.97 Å². The molecule has 0 saturated heterocycles. The second-order valence-electron chi connectivity index (χ2n) is 2.27. The maximum absolute atomic E-state index is 5.53. The van der Waals surface area contributed by atoms with Crippen LogP contribution in [0.1, 0.15) is 0 Å². The molecule has 0 spiro atoms. The van der Waals surface area contributed by atoms with Crippen molar-refractivity contribution >= 4 is 32.8 Å². The van der Waals surface area contributed by atoms with Crippen LogP contribution < -0.4 is 5.73 Å². The number of nitrogen functional groups attached to an aromatic ring is 1. The van der Waals surface area contributed by atoms with Crippen LogP contribution in [-0.2, 0) is 0 Å². The third-order valence-electron chi connectivity index (χ3n) is 1.49. The van der Waals surface area contributed by atoms with Gasteiger partial charge in [-0.3, -0.25) is 0 Å². The highest BCUT2D eigenvalue weighted by molar-refractivity contribution is 9.10. The molecule has 0 unspecified atom stereocenters. The van der Waals surface area contributed by atoms with Gasteiger partial charge in [-0.15, -0.1) is 0 Å². The fourth-order valence-corrected chi connectivity index (χ4v) is 1.57. The molecule has 0 radical (unpaired) electrons. The molecule has 2 rings (SSSR count). The van der Waals surface area contributed by atoms with Gasteiger partial charge in [0.2, 0.25) is 0 Å². The van der Waals surface area contributed by atoms with Crippen LogP contribution in [0.25, 0.3) is 11.0 Å². The Kier molecular flexibility index (Phi) is 1.35. The maximum atomic E-state index is 5.53. The lowest BCUT2D eigenvalue weighted by atomic mass is 10.4. The Bertz CT molecular complexity index is 393. The van der Waals surface area contributed by atoms with Gasteiger partial charge in [0.15, 0.2) is 0 Å².